The van der Waals surface area contributed by atoms with Crippen molar-refractivity contribution in [1.82, 2.24) is 4.90 Å². The second-order valence-corrected chi connectivity index (χ2v) is 5.53. The summed E-state index contributed by atoms with van der Waals surface area (Å²) >= 11 is 0. The fraction of sp³-hybridized carbons (Fsp3) is 0.529. The van der Waals surface area contributed by atoms with Crippen molar-refractivity contribution < 1.29 is 14.2 Å². The highest BCUT2D eigenvalue weighted by Crippen LogP contribution is 2.34. The summed E-state index contributed by atoms with van der Waals surface area (Å²) < 4.78 is 16.6. The second kappa shape index (κ2) is 8.06. The number of anilines is 1. The molecule has 5 heteroatoms. The minimum atomic E-state index is 0.638. The normalized spacial score (nSPS) is 15.5. The molecule has 0 aromatic heterocycles. The molecule has 0 unspecified atom stereocenters. The number of ether oxygens (including phenoxy) is 3. The number of morpholine rings is 1. The van der Waals surface area contributed by atoms with Crippen molar-refractivity contribution in [3.8, 4) is 11.5 Å². The number of methoxy groups -OCH3 is 1. The molecule has 1 aliphatic heterocycles. The maximum absolute atomic E-state index is 6.05. The Morgan fingerprint density at radius 2 is 2.05 bits per heavy atom. The smallest absolute Gasteiger partial charge is 0.163 e. The molecule has 1 aromatic carbocycles. The summed E-state index contributed by atoms with van der Waals surface area (Å²) in [6.45, 7) is 11.2. The summed E-state index contributed by atoms with van der Waals surface area (Å²) in [6.07, 6.45) is 0.964. The quantitative estimate of drug-likeness (QED) is 0.619. The minimum Gasteiger partial charge on any atom is -0.493 e. The van der Waals surface area contributed by atoms with Crippen molar-refractivity contribution in [3.05, 3.63) is 24.3 Å². The van der Waals surface area contributed by atoms with Gasteiger partial charge in [0.25, 0.3) is 0 Å². The van der Waals surface area contributed by atoms with Crippen molar-refractivity contribution in [3.63, 3.8) is 0 Å². The highest BCUT2D eigenvalue weighted by atomic mass is 16.5. The summed E-state index contributed by atoms with van der Waals surface area (Å²) in [5.74, 6) is 1.38. The lowest BCUT2D eigenvalue weighted by Gasteiger charge is -2.26. The average molecular weight is 306 g/mol. The van der Waals surface area contributed by atoms with E-state index in [0.29, 0.717) is 23.8 Å². The van der Waals surface area contributed by atoms with Gasteiger partial charge in [0.2, 0.25) is 0 Å². The maximum atomic E-state index is 6.05. The van der Waals surface area contributed by atoms with Gasteiger partial charge in [-0.25, -0.2) is 0 Å². The number of hydrogen-bond donors (Lipinski definition) is 1. The van der Waals surface area contributed by atoms with E-state index in [9.17, 15) is 0 Å². The largest absolute Gasteiger partial charge is 0.493 e. The van der Waals surface area contributed by atoms with Crippen LogP contribution in [0.3, 0.4) is 0 Å². The van der Waals surface area contributed by atoms with Gasteiger partial charge in [0.1, 0.15) is 0 Å². The lowest BCUT2D eigenvalue weighted by atomic mass is 10.1. The van der Waals surface area contributed by atoms with Gasteiger partial charge in [-0.3, -0.25) is 4.90 Å². The third-order valence-electron chi connectivity index (χ3n) is 3.78. The predicted octanol–water partition coefficient (Wildman–Crippen LogP) is 2.41. The third kappa shape index (κ3) is 4.39. The minimum absolute atomic E-state index is 0.638. The Labute approximate surface area is 132 Å². The molecule has 122 valence electrons. The standard InChI is InChI=1S/C17H26N2O3/c1-13(2)14-11-16(20-3)17(12-15(14)18)22-8-4-5-19-6-9-21-10-7-19/h11-12H,1,4-10,18H2,2-3H3. The van der Waals surface area contributed by atoms with Crippen LogP contribution < -0.4 is 15.2 Å². The Hall–Kier alpha value is -1.72. The highest BCUT2D eigenvalue weighted by molar-refractivity contribution is 5.75. The van der Waals surface area contributed by atoms with Gasteiger partial charge in [-0.1, -0.05) is 6.58 Å². The molecule has 1 aromatic rings. The zero-order valence-corrected chi connectivity index (χ0v) is 13.6. The van der Waals surface area contributed by atoms with E-state index < -0.39 is 0 Å². The van der Waals surface area contributed by atoms with E-state index >= 15 is 0 Å². The van der Waals surface area contributed by atoms with E-state index in [0.717, 1.165) is 50.4 Å². The van der Waals surface area contributed by atoms with Gasteiger partial charge in [-0.15, -0.1) is 0 Å². The fourth-order valence-corrected chi connectivity index (χ4v) is 2.51. The first-order chi connectivity index (χ1) is 10.6. The molecule has 1 aliphatic rings. The van der Waals surface area contributed by atoms with Crippen molar-refractivity contribution >= 4 is 11.3 Å². The molecule has 0 radical (unpaired) electrons. The summed E-state index contributed by atoms with van der Waals surface area (Å²) in [4.78, 5) is 2.39. The van der Waals surface area contributed by atoms with Gasteiger partial charge in [0.15, 0.2) is 11.5 Å². The first-order valence-electron chi connectivity index (χ1n) is 7.68. The van der Waals surface area contributed by atoms with Crippen molar-refractivity contribution in [1.29, 1.82) is 0 Å². The van der Waals surface area contributed by atoms with Crippen LogP contribution in [0.5, 0.6) is 11.5 Å². The van der Waals surface area contributed by atoms with E-state index in [4.69, 9.17) is 19.9 Å². The number of nitrogens with two attached hydrogens (primary N) is 1. The van der Waals surface area contributed by atoms with Crippen LogP contribution in [0.25, 0.3) is 5.57 Å². The molecule has 1 saturated heterocycles. The first kappa shape index (κ1) is 16.6. The Kier molecular flexibility index (Phi) is 6.10. The van der Waals surface area contributed by atoms with Gasteiger partial charge in [-0.05, 0) is 25.0 Å². The van der Waals surface area contributed by atoms with Gasteiger partial charge in [-0.2, -0.15) is 0 Å². The first-order valence-corrected chi connectivity index (χ1v) is 7.68. The summed E-state index contributed by atoms with van der Waals surface area (Å²) in [6, 6.07) is 3.70. The van der Waals surface area contributed by atoms with Crippen LogP contribution in [0.15, 0.2) is 18.7 Å². The monoisotopic (exact) mass is 306 g/mol. The van der Waals surface area contributed by atoms with Crippen LogP contribution in [0.4, 0.5) is 5.69 Å². The Bertz CT molecular complexity index is 511. The van der Waals surface area contributed by atoms with Crippen LogP contribution in [-0.4, -0.2) is 51.5 Å². The molecule has 2 rings (SSSR count). The molecule has 1 heterocycles. The van der Waals surface area contributed by atoms with Gasteiger partial charge in [0, 0.05) is 37.0 Å². The molecule has 22 heavy (non-hydrogen) atoms. The number of rotatable bonds is 7. The molecule has 2 N–H and O–H groups in total. The van der Waals surface area contributed by atoms with Crippen LogP contribution >= 0.6 is 0 Å². The molecule has 0 amide bonds. The lowest BCUT2D eigenvalue weighted by molar-refractivity contribution is 0.0357. The molecule has 0 bridgehead atoms. The molecule has 0 saturated carbocycles. The second-order valence-electron chi connectivity index (χ2n) is 5.53. The van der Waals surface area contributed by atoms with Crippen LogP contribution in [0.2, 0.25) is 0 Å². The molecule has 0 aliphatic carbocycles. The Balaban J connectivity index is 1.88. The Morgan fingerprint density at radius 3 is 2.68 bits per heavy atom. The SMILES string of the molecule is C=C(C)c1cc(OC)c(OCCCN2CCOCC2)cc1N. The van der Waals surface area contributed by atoms with Crippen LogP contribution in [0.1, 0.15) is 18.9 Å². The molecule has 0 spiro atoms. The van der Waals surface area contributed by atoms with Gasteiger partial charge < -0.3 is 19.9 Å². The number of benzene rings is 1. The number of nitrogen functional groups attached to an aromatic ring is 1. The average Bonchev–Trinajstić information content (AvgIpc) is 2.52. The Morgan fingerprint density at radius 1 is 1.32 bits per heavy atom. The zero-order chi connectivity index (χ0) is 15.9. The van der Waals surface area contributed by atoms with E-state index in [1.807, 2.05) is 19.1 Å². The maximum Gasteiger partial charge on any atom is 0.163 e. The highest BCUT2D eigenvalue weighted by Gasteiger charge is 2.12. The fourth-order valence-electron chi connectivity index (χ4n) is 2.51. The predicted molar refractivity (Wildman–Crippen MR) is 89.5 cm³/mol. The van der Waals surface area contributed by atoms with Crippen LogP contribution in [-0.2, 0) is 4.74 Å². The summed E-state index contributed by atoms with van der Waals surface area (Å²) in [5, 5.41) is 0. The van der Waals surface area contributed by atoms with E-state index in [1.54, 1.807) is 7.11 Å². The van der Waals surface area contributed by atoms with E-state index in [2.05, 4.69) is 11.5 Å². The van der Waals surface area contributed by atoms with Crippen molar-refractivity contribution in [2.45, 2.75) is 13.3 Å². The van der Waals surface area contributed by atoms with Crippen molar-refractivity contribution in [2.75, 3.05) is 52.3 Å². The molecule has 0 atom stereocenters. The third-order valence-corrected chi connectivity index (χ3v) is 3.78. The molecule has 1 fully saturated rings. The van der Waals surface area contributed by atoms with E-state index in [1.165, 1.54) is 0 Å². The summed E-state index contributed by atoms with van der Waals surface area (Å²) in [7, 11) is 1.63. The number of nitrogens with zero attached hydrogens (tertiary/aromatic N) is 1. The molecular formula is C17H26N2O3. The lowest BCUT2D eigenvalue weighted by Crippen LogP contribution is -2.37. The number of hydrogen-bond acceptors (Lipinski definition) is 5. The molecule has 5 nitrogen and oxygen atoms in total. The van der Waals surface area contributed by atoms with Gasteiger partial charge >= 0.3 is 0 Å². The summed E-state index contributed by atoms with van der Waals surface area (Å²) in [5.41, 5.74) is 8.52. The van der Waals surface area contributed by atoms with E-state index in [-0.39, 0.29) is 0 Å². The number of allylic oxidation sites excluding steroid dienone is 1. The topological polar surface area (TPSA) is 57.0 Å². The van der Waals surface area contributed by atoms with Crippen LogP contribution in [0, 0.1) is 0 Å². The van der Waals surface area contributed by atoms with Crippen molar-refractivity contribution in [2.24, 2.45) is 0 Å². The van der Waals surface area contributed by atoms with Gasteiger partial charge in [0.05, 0.1) is 26.9 Å². The zero-order valence-electron chi connectivity index (χ0n) is 13.6. The molecular weight excluding hydrogens is 280 g/mol.